The van der Waals surface area contributed by atoms with Crippen molar-refractivity contribution in [2.75, 3.05) is 37.6 Å². The van der Waals surface area contributed by atoms with E-state index in [1.807, 2.05) is 24.3 Å². The zero-order valence-electron chi connectivity index (χ0n) is 20.0. The molecule has 3 aromatic rings. The van der Waals surface area contributed by atoms with Gasteiger partial charge in [-0.2, -0.15) is 4.98 Å². The van der Waals surface area contributed by atoms with Crippen molar-refractivity contribution in [1.82, 2.24) is 20.4 Å². The molecule has 2 aliphatic rings. The van der Waals surface area contributed by atoms with Gasteiger partial charge < -0.3 is 14.7 Å². The molecule has 0 radical (unpaired) electrons. The van der Waals surface area contributed by atoms with Crippen molar-refractivity contribution in [2.45, 2.75) is 38.6 Å². The molecule has 1 amide bonds. The van der Waals surface area contributed by atoms with E-state index in [0.29, 0.717) is 18.3 Å². The van der Waals surface area contributed by atoms with E-state index in [2.05, 4.69) is 37.4 Å². The molecule has 0 unspecified atom stereocenters. The van der Waals surface area contributed by atoms with Gasteiger partial charge in [-0.05, 0) is 93.1 Å². The van der Waals surface area contributed by atoms with Gasteiger partial charge in [0, 0.05) is 37.4 Å². The normalized spacial score (nSPS) is 17.5. The molecule has 184 valence electrons. The van der Waals surface area contributed by atoms with Crippen LogP contribution in [0.1, 0.15) is 48.4 Å². The smallest absolute Gasteiger partial charge is 0.316 e. The topological polar surface area (TPSA) is 74.5 Å². The molecule has 0 saturated carbocycles. The number of likely N-dealkylation sites (tertiary alicyclic amines) is 1. The number of carbonyl (C=O) groups excluding carboxylic acids is 1. The largest absolute Gasteiger partial charge is 0.372 e. The van der Waals surface area contributed by atoms with Crippen molar-refractivity contribution >= 4 is 11.6 Å². The Labute approximate surface area is 205 Å². The van der Waals surface area contributed by atoms with E-state index >= 15 is 0 Å². The summed E-state index contributed by atoms with van der Waals surface area (Å²) in [6.07, 6.45) is 5.78. The quantitative estimate of drug-likeness (QED) is 0.540. The number of rotatable bonds is 7. The Morgan fingerprint density at radius 3 is 2.40 bits per heavy atom. The molecule has 35 heavy (non-hydrogen) atoms. The molecule has 7 nitrogen and oxygen atoms in total. The van der Waals surface area contributed by atoms with Gasteiger partial charge >= 0.3 is 11.8 Å². The zero-order valence-corrected chi connectivity index (χ0v) is 20.0. The van der Waals surface area contributed by atoms with Crippen LogP contribution in [-0.4, -0.2) is 53.7 Å². The highest BCUT2D eigenvalue weighted by molar-refractivity contribution is 5.89. The van der Waals surface area contributed by atoms with Crippen LogP contribution in [0.4, 0.5) is 10.1 Å². The summed E-state index contributed by atoms with van der Waals surface area (Å²) in [5.41, 5.74) is 3.16. The second kappa shape index (κ2) is 11.0. The minimum Gasteiger partial charge on any atom is -0.372 e. The molecular formula is C27H32FN5O2. The van der Waals surface area contributed by atoms with Crippen LogP contribution in [0.5, 0.6) is 0 Å². The minimum absolute atomic E-state index is 0.00569. The van der Waals surface area contributed by atoms with Crippen LogP contribution in [0.15, 0.2) is 53.1 Å². The number of amides is 1. The molecule has 5 rings (SSSR count). The average molecular weight is 478 g/mol. The standard InChI is InChI=1S/C27H32FN5O2/c28-23-8-4-21(5-9-23)19-32-16-12-20(13-17-32)18-29-26(34)27-30-25(31-35-27)22-6-10-24(11-7-22)33-14-2-1-3-15-33/h4-11,20H,1-3,12-19H2,(H,29,34). The molecule has 0 aliphatic carbocycles. The van der Waals surface area contributed by atoms with Gasteiger partial charge in [0.2, 0.25) is 5.82 Å². The summed E-state index contributed by atoms with van der Waals surface area (Å²) in [4.78, 5) is 21.6. The number of hydrogen-bond donors (Lipinski definition) is 1. The maximum absolute atomic E-state index is 13.1. The number of hydrogen-bond acceptors (Lipinski definition) is 6. The van der Waals surface area contributed by atoms with E-state index in [0.717, 1.165) is 56.7 Å². The van der Waals surface area contributed by atoms with Gasteiger partial charge in [-0.3, -0.25) is 9.69 Å². The number of aromatic nitrogens is 2. The maximum Gasteiger partial charge on any atom is 0.316 e. The Hall–Kier alpha value is -3.26. The van der Waals surface area contributed by atoms with Gasteiger partial charge in [0.25, 0.3) is 0 Å². The van der Waals surface area contributed by atoms with E-state index in [9.17, 15) is 9.18 Å². The lowest BCUT2D eigenvalue weighted by Crippen LogP contribution is -2.38. The highest BCUT2D eigenvalue weighted by Gasteiger charge is 2.22. The fourth-order valence-corrected chi connectivity index (χ4v) is 4.92. The van der Waals surface area contributed by atoms with Crippen molar-refractivity contribution in [3.8, 4) is 11.4 Å². The molecule has 8 heteroatoms. The Bertz CT molecular complexity index is 1100. The fourth-order valence-electron chi connectivity index (χ4n) is 4.92. The van der Waals surface area contributed by atoms with E-state index in [-0.39, 0.29) is 17.6 Å². The van der Waals surface area contributed by atoms with Crippen molar-refractivity contribution in [1.29, 1.82) is 0 Å². The average Bonchev–Trinajstić information content (AvgIpc) is 3.41. The van der Waals surface area contributed by atoms with Gasteiger partial charge in [0.15, 0.2) is 0 Å². The van der Waals surface area contributed by atoms with Gasteiger partial charge in [-0.1, -0.05) is 17.3 Å². The Morgan fingerprint density at radius 1 is 0.971 bits per heavy atom. The first-order valence-corrected chi connectivity index (χ1v) is 12.6. The highest BCUT2D eigenvalue weighted by atomic mass is 19.1. The van der Waals surface area contributed by atoms with E-state index in [1.165, 1.54) is 37.1 Å². The summed E-state index contributed by atoms with van der Waals surface area (Å²) in [6, 6.07) is 14.8. The molecule has 1 aromatic heterocycles. The molecule has 2 aromatic carbocycles. The molecule has 2 saturated heterocycles. The number of benzene rings is 2. The molecule has 2 fully saturated rings. The SMILES string of the molecule is O=C(NCC1CCN(Cc2ccc(F)cc2)CC1)c1nc(-c2ccc(N3CCCCC3)cc2)no1. The van der Waals surface area contributed by atoms with Crippen LogP contribution >= 0.6 is 0 Å². The number of nitrogens with one attached hydrogen (secondary N) is 1. The maximum atomic E-state index is 13.1. The van der Waals surface area contributed by atoms with Gasteiger partial charge in [-0.15, -0.1) is 0 Å². The lowest BCUT2D eigenvalue weighted by atomic mass is 9.96. The van der Waals surface area contributed by atoms with E-state index in [4.69, 9.17) is 4.52 Å². The van der Waals surface area contributed by atoms with Crippen LogP contribution in [-0.2, 0) is 6.54 Å². The fraction of sp³-hybridized carbons (Fsp3) is 0.444. The Morgan fingerprint density at radius 2 is 1.69 bits per heavy atom. The van der Waals surface area contributed by atoms with Gasteiger partial charge in [0.05, 0.1) is 0 Å². The van der Waals surface area contributed by atoms with Crippen LogP contribution in [0.2, 0.25) is 0 Å². The summed E-state index contributed by atoms with van der Waals surface area (Å²) in [5.74, 6) is 0.293. The Balaban J connectivity index is 1.08. The number of piperidine rings is 2. The first kappa shape index (κ1) is 23.5. The number of anilines is 1. The third-order valence-corrected chi connectivity index (χ3v) is 7.04. The zero-order chi connectivity index (χ0) is 24.0. The summed E-state index contributed by atoms with van der Waals surface area (Å²) in [5, 5.41) is 6.96. The number of nitrogens with zero attached hydrogens (tertiary/aromatic N) is 4. The minimum atomic E-state index is -0.331. The lowest BCUT2D eigenvalue weighted by Gasteiger charge is -2.31. The second-order valence-electron chi connectivity index (χ2n) is 9.57. The van der Waals surface area contributed by atoms with Crippen LogP contribution in [0.3, 0.4) is 0 Å². The molecule has 1 N–H and O–H groups in total. The third kappa shape index (κ3) is 6.06. The second-order valence-corrected chi connectivity index (χ2v) is 9.57. The van der Waals surface area contributed by atoms with Crippen molar-refractivity contribution < 1.29 is 13.7 Å². The Kier molecular flexibility index (Phi) is 7.37. The first-order valence-electron chi connectivity index (χ1n) is 12.6. The molecule has 0 atom stereocenters. The van der Waals surface area contributed by atoms with Crippen molar-refractivity contribution in [3.05, 3.63) is 65.8 Å². The van der Waals surface area contributed by atoms with Gasteiger partial charge in [0.1, 0.15) is 5.82 Å². The summed E-state index contributed by atoms with van der Waals surface area (Å²) in [6.45, 7) is 5.51. The van der Waals surface area contributed by atoms with Crippen LogP contribution < -0.4 is 10.2 Å². The predicted molar refractivity (Wildman–Crippen MR) is 133 cm³/mol. The molecule has 3 heterocycles. The summed E-state index contributed by atoms with van der Waals surface area (Å²) >= 11 is 0. The molecule has 2 aliphatic heterocycles. The van der Waals surface area contributed by atoms with E-state index < -0.39 is 0 Å². The monoisotopic (exact) mass is 477 g/mol. The predicted octanol–water partition coefficient (Wildman–Crippen LogP) is 4.51. The van der Waals surface area contributed by atoms with E-state index in [1.54, 1.807) is 0 Å². The van der Waals surface area contributed by atoms with Crippen molar-refractivity contribution in [3.63, 3.8) is 0 Å². The van der Waals surface area contributed by atoms with Crippen LogP contribution in [0.25, 0.3) is 11.4 Å². The lowest BCUT2D eigenvalue weighted by molar-refractivity contribution is 0.0891. The third-order valence-electron chi connectivity index (χ3n) is 7.04. The number of carbonyl (C=O) groups is 1. The summed E-state index contributed by atoms with van der Waals surface area (Å²) < 4.78 is 18.3. The molecule has 0 spiro atoms. The first-order chi connectivity index (χ1) is 17.1. The molecular weight excluding hydrogens is 445 g/mol. The molecule has 0 bridgehead atoms. The van der Waals surface area contributed by atoms with Crippen LogP contribution in [0, 0.1) is 11.7 Å². The highest BCUT2D eigenvalue weighted by Crippen LogP contribution is 2.24. The summed E-state index contributed by atoms with van der Waals surface area (Å²) in [7, 11) is 0. The van der Waals surface area contributed by atoms with Crippen molar-refractivity contribution in [2.24, 2.45) is 5.92 Å². The number of halogens is 1. The van der Waals surface area contributed by atoms with Gasteiger partial charge in [-0.25, -0.2) is 4.39 Å².